The van der Waals surface area contributed by atoms with Gasteiger partial charge in [-0.15, -0.1) is 0 Å². The van der Waals surface area contributed by atoms with Crippen LogP contribution in [0.15, 0.2) is 48.5 Å². The lowest BCUT2D eigenvalue weighted by Crippen LogP contribution is -2.13. The lowest BCUT2D eigenvalue weighted by molar-refractivity contribution is -0.0498. The van der Waals surface area contributed by atoms with Crippen molar-refractivity contribution in [3.63, 3.8) is 0 Å². The Morgan fingerprint density at radius 3 is 2.38 bits per heavy atom. The molecule has 3 nitrogen and oxygen atoms in total. The molecule has 0 fully saturated rings. The number of halogens is 2. The predicted molar refractivity (Wildman–Crippen MR) is 76.6 cm³/mol. The molecule has 0 heterocycles. The Labute approximate surface area is 122 Å². The molecule has 0 atom stereocenters. The smallest absolute Gasteiger partial charge is 0.387 e. The average molecular weight is 293 g/mol. The van der Waals surface area contributed by atoms with Gasteiger partial charge in [-0.2, -0.15) is 8.78 Å². The van der Waals surface area contributed by atoms with Gasteiger partial charge in [-0.25, -0.2) is 0 Å². The predicted octanol–water partition coefficient (Wildman–Crippen LogP) is 3.59. The first-order chi connectivity index (χ1) is 10.2. The lowest BCUT2D eigenvalue weighted by atomic mass is 10.2. The van der Waals surface area contributed by atoms with Crippen molar-refractivity contribution in [3.8, 4) is 11.5 Å². The summed E-state index contributed by atoms with van der Waals surface area (Å²) in [5.74, 6) is 1.00. The summed E-state index contributed by atoms with van der Waals surface area (Å²) in [5, 5.41) is 3.28. The van der Waals surface area contributed by atoms with Crippen molar-refractivity contribution in [2.75, 3.05) is 7.11 Å². The fourth-order valence-corrected chi connectivity index (χ4v) is 1.98. The van der Waals surface area contributed by atoms with Gasteiger partial charge in [0.1, 0.15) is 11.5 Å². The first-order valence-electron chi connectivity index (χ1n) is 6.55. The zero-order valence-electron chi connectivity index (χ0n) is 11.7. The van der Waals surface area contributed by atoms with Crippen LogP contribution in [-0.4, -0.2) is 13.7 Å². The molecular formula is C16H17F2NO2. The zero-order chi connectivity index (χ0) is 15.1. The number of ether oxygens (including phenoxy) is 2. The Morgan fingerprint density at radius 2 is 1.71 bits per heavy atom. The molecule has 0 unspecified atom stereocenters. The van der Waals surface area contributed by atoms with E-state index in [2.05, 4.69) is 10.1 Å². The molecule has 0 aliphatic rings. The lowest BCUT2D eigenvalue weighted by Gasteiger charge is -2.10. The van der Waals surface area contributed by atoms with E-state index in [0.29, 0.717) is 13.1 Å². The molecule has 0 saturated heterocycles. The summed E-state index contributed by atoms with van der Waals surface area (Å²) in [5.41, 5.74) is 2.06. The summed E-state index contributed by atoms with van der Waals surface area (Å²) in [6.45, 7) is -1.49. The molecule has 2 aromatic carbocycles. The monoisotopic (exact) mass is 293 g/mol. The number of nitrogens with one attached hydrogen (secondary N) is 1. The number of hydrogen-bond acceptors (Lipinski definition) is 3. The van der Waals surface area contributed by atoms with Gasteiger partial charge in [0, 0.05) is 18.7 Å². The molecule has 0 saturated carbocycles. The van der Waals surface area contributed by atoms with E-state index in [1.54, 1.807) is 19.2 Å². The number of hydrogen-bond donors (Lipinski definition) is 1. The van der Waals surface area contributed by atoms with E-state index in [0.717, 1.165) is 16.9 Å². The van der Waals surface area contributed by atoms with Crippen LogP contribution in [0.2, 0.25) is 0 Å². The summed E-state index contributed by atoms with van der Waals surface area (Å²) in [4.78, 5) is 0. The summed E-state index contributed by atoms with van der Waals surface area (Å²) in [6.07, 6.45) is 0. The van der Waals surface area contributed by atoms with Gasteiger partial charge in [0.25, 0.3) is 0 Å². The Hall–Kier alpha value is -2.14. The number of methoxy groups -OCH3 is 1. The summed E-state index contributed by atoms with van der Waals surface area (Å²) in [7, 11) is 1.64. The number of benzene rings is 2. The third-order valence-electron chi connectivity index (χ3n) is 2.99. The maximum atomic E-state index is 12.0. The second-order valence-electron chi connectivity index (χ2n) is 4.44. The van der Waals surface area contributed by atoms with Crippen molar-refractivity contribution < 1.29 is 18.3 Å². The van der Waals surface area contributed by atoms with Gasteiger partial charge in [-0.05, 0) is 23.8 Å². The second-order valence-corrected chi connectivity index (χ2v) is 4.44. The maximum absolute atomic E-state index is 12.0. The molecule has 5 heteroatoms. The molecule has 0 bridgehead atoms. The van der Waals surface area contributed by atoms with Crippen molar-refractivity contribution in [3.05, 3.63) is 59.7 Å². The molecule has 1 N–H and O–H groups in total. The zero-order valence-corrected chi connectivity index (χ0v) is 11.7. The third kappa shape index (κ3) is 4.72. The Morgan fingerprint density at radius 1 is 1.00 bits per heavy atom. The minimum atomic E-state index is -2.79. The van der Waals surface area contributed by atoms with E-state index in [1.165, 1.54) is 12.1 Å². The Balaban J connectivity index is 1.86. The van der Waals surface area contributed by atoms with Crippen LogP contribution < -0.4 is 14.8 Å². The van der Waals surface area contributed by atoms with E-state index in [-0.39, 0.29) is 5.75 Å². The normalized spacial score (nSPS) is 10.7. The van der Waals surface area contributed by atoms with E-state index in [9.17, 15) is 8.78 Å². The molecule has 0 amide bonds. The van der Waals surface area contributed by atoms with Crippen LogP contribution in [-0.2, 0) is 13.1 Å². The summed E-state index contributed by atoms with van der Waals surface area (Å²) in [6, 6.07) is 14.4. The van der Waals surface area contributed by atoms with Crippen molar-refractivity contribution in [2.24, 2.45) is 0 Å². The van der Waals surface area contributed by atoms with Gasteiger partial charge in [0.05, 0.1) is 7.11 Å². The molecule has 0 aliphatic carbocycles. The second kappa shape index (κ2) is 7.59. The molecule has 21 heavy (non-hydrogen) atoms. The average Bonchev–Trinajstić information content (AvgIpc) is 2.49. The molecular weight excluding hydrogens is 276 g/mol. The van der Waals surface area contributed by atoms with Crippen LogP contribution in [0.3, 0.4) is 0 Å². The number of alkyl halides is 2. The van der Waals surface area contributed by atoms with E-state index < -0.39 is 6.61 Å². The minimum Gasteiger partial charge on any atom is -0.496 e. The summed E-state index contributed by atoms with van der Waals surface area (Å²) >= 11 is 0. The van der Waals surface area contributed by atoms with Gasteiger partial charge >= 0.3 is 6.61 Å². The molecule has 0 radical (unpaired) electrons. The first kappa shape index (κ1) is 15.3. The fraction of sp³-hybridized carbons (Fsp3) is 0.250. The van der Waals surface area contributed by atoms with Crippen molar-refractivity contribution in [1.82, 2.24) is 5.32 Å². The first-order valence-corrected chi connectivity index (χ1v) is 6.55. The van der Waals surface area contributed by atoms with Crippen molar-refractivity contribution >= 4 is 0 Å². The van der Waals surface area contributed by atoms with Crippen molar-refractivity contribution in [2.45, 2.75) is 19.7 Å². The minimum absolute atomic E-state index is 0.165. The Bertz CT molecular complexity index is 558. The van der Waals surface area contributed by atoms with Crippen LogP contribution >= 0.6 is 0 Å². The quantitative estimate of drug-likeness (QED) is 0.846. The SMILES string of the molecule is COc1ccccc1CNCc1ccc(OC(F)F)cc1. The van der Waals surface area contributed by atoms with Gasteiger partial charge < -0.3 is 14.8 Å². The van der Waals surface area contributed by atoms with Gasteiger partial charge in [-0.3, -0.25) is 0 Å². The maximum Gasteiger partial charge on any atom is 0.387 e. The number of para-hydroxylation sites is 1. The van der Waals surface area contributed by atoms with Crippen LogP contribution in [0, 0.1) is 0 Å². The van der Waals surface area contributed by atoms with E-state index in [4.69, 9.17) is 4.74 Å². The standard InChI is InChI=1S/C16H17F2NO2/c1-20-15-5-3-2-4-13(15)11-19-10-12-6-8-14(9-7-12)21-16(17)18/h2-9,16,19H,10-11H2,1H3. The molecule has 0 aliphatic heterocycles. The topological polar surface area (TPSA) is 30.5 Å². The highest BCUT2D eigenvalue weighted by molar-refractivity contribution is 5.33. The van der Waals surface area contributed by atoms with Gasteiger partial charge in [-0.1, -0.05) is 30.3 Å². The molecule has 2 aromatic rings. The Kier molecular flexibility index (Phi) is 5.51. The van der Waals surface area contributed by atoms with Crippen molar-refractivity contribution in [1.29, 1.82) is 0 Å². The van der Waals surface area contributed by atoms with Crippen LogP contribution in [0.1, 0.15) is 11.1 Å². The molecule has 2 rings (SSSR count). The summed E-state index contributed by atoms with van der Waals surface area (Å²) < 4.78 is 33.6. The van der Waals surface area contributed by atoms with E-state index in [1.807, 2.05) is 24.3 Å². The highest BCUT2D eigenvalue weighted by Gasteiger charge is 2.04. The van der Waals surface area contributed by atoms with Gasteiger partial charge in [0.2, 0.25) is 0 Å². The third-order valence-corrected chi connectivity index (χ3v) is 2.99. The largest absolute Gasteiger partial charge is 0.496 e. The number of rotatable bonds is 7. The molecule has 0 aromatic heterocycles. The van der Waals surface area contributed by atoms with Gasteiger partial charge in [0.15, 0.2) is 0 Å². The molecule has 112 valence electrons. The highest BCUT2D eigenvalue weighted by atomic mass is 19.3. The van der Waals surface area contributed by atoms with Crippen LogP contribution in [0.5, 0.6) is 11.5 Å². The fourth-order valence-electron chi connectivity index (χ4n) is 1.98. The van der Waals surface area contributed by atoms with Crippen LogP contribution in [0.25, 0.3) is 0 Å². The van der Waals surface area contributed by atoms with E-state index >= 15 is 0 Å². The molecule has 0 spiro atoms. The van der Waals surface area contributed by atoms with Crippen LogP contribution in [0.4, 0.5) is 8.78 Å². The highest BCUT2D eigenvalue weighted by Crippen LogP contribution is 2.17.